The zero-order valence-electron chi connectivity index (χ0n) is 5.52. The first kappa shape index (κ1) is 6.86. The first-order chi connectivity index (χ1) is 4.74. The lowest BCUT2D eigenvalue weighted by molar-refractivity contribution is -0.379. The molecule has 1 rings (SSSR count). The predicted molar refractivity (Wildman–Crippen MR) is 35.1 cm³/mol. The summed E-state index contributed by atoms with van der Waals surface area (Å²) in [4.78, 5) is 10.0. The Bertz CT molecular complexity index is 260. The molecule has 3 heteroatoms. The molecule has 2 nitrogen and oxygen atoms in total. The van der Waals surface area contributed by atoms with Crippen LogP contribution in [0, 0.1) is 17.6 Å². The maximum atomic E-state index is 12.5. The Morgan fingerprint density at radius 3 is 2.70 bits per heavy atom. The average Bonchev–Trinajstić information content (AvgIpc) is 1.95. The molecule has 0 spiro atoms. The molecule has 0 atom stereocenters. The fraction of sp³-hybridized carbons (Fsp3) is 0.143. The highest BCUT2D eigenvalue weighted by Crippen LogP contribution is 2.08. The van der Waals surface area contributed by atoms with E-state index < -0.39 is 0 Å². The number of rotatable bonds is 1. The highest BCUT2D eigenvalue weighted by atomic mass is 19.1. The van der Waals surface area contributed by atoms with E-state index >= 15 is 0 Å². The van der Waals surface area contributed by atoms with E-state index in [1.165, 1.54) is 18.2 Å². The van der Waals surface area contributed by atoms with Gasteiger partial charge in [-0.05, 0) is 18.6 Å². The van der Waals surface area contributed by atoms with Crippen LogP contribution >= 0.6 is 0 Å². The maximum absolute atomic E-state index is 12.5. The smallest absolute Gasteiger partial charge is 0.207 e. The molecule has 1 aromatic carbocycles. The van der Waals surface area contributed by atoms with Crippen LogP contribution in [-0.4, -0.2) is 0 Å². The van der Waals surface area contributed by atoms with Crippen molar-refractivity contribution in [3.63, 3.8) is 0 Å². The van der Waals surface area contributed by atoms with Gasteiger partial charge in [0, 0.05) is 22.2 Å². The highest BCUT2D eigenvalue weighted by Gasteiger charge is 2.01. The fourth-order valence-corrected chi connectivity index (χ4v) is 0.708. The van der Waals surface area contributed by atoms with Crippen molar-refractivity contribution in [1.29, 1.82) is 0 Å². The summed E-state index contributed by atoms with van der Waals surface area (Å²) < 4.78 is 12.5. The molecule has 0 unspecified atom stereocenters. The van der Waals surface area contributed by atoms with Gasteiger partial charge in [0.05, 0.1) is 0 Å². The van der Waals surface area contributed by atoms with E-state index in [4.69, 9.17) is 0 Å². The van der Waals surface area contributed by atoms with Crippen molar-refractivity contribution in [3.8, 4) is 0 Å². The molecule has 1 N–H and O–H groups in total. The van der Waals surface area contributed by atoms with Crippen molar-refractivity contribution in [2.24, 2.45) is 0 Å². The Labute approximate surface area is 57.7 Å². The minimum atomic E-state index is -0.293. The van der Waals surface area contributed by atoms with Crippen LogP contribution in [0.5, 0.6) is 0 Å². The Morgan fingerprint density at radius 1 is 1.50 bits per heavy atom. The summed E-state index contributed by atoms with van der Waals surface area (Å²) in [5.41, 5.74) is 0.861. The zero-order valence-corrected chi connectivity index (χ0v) is 5.52. The summed E-state index contributed by atoms with van der Waals surface area (Å²) >= 11 is 0. The molecule has 0 fully saturated rings. The third-order valence-electron chi connectivity index (χ3n) is 1.28. The monoisotopic (exact) mass is 140 g/mol. The van der Waals surface area contributed by atoms with Gasteiger partial charge in [0.15, 0.2) is 0 Å². The molecule has 0 aliphatic rings. The van der Waals surface area contributed by atoms with Crippen LogP contribution in [0.2, 0.25) is 0 Å². The molecule has 0 amide bonds. The standard InChI is InChI=1S/C7H6FNO/c1-5-4-6(9-10)2-3-7(5)8/h2-4H,1H3/p+1. The molecule has 0 saturated carbocycles. The van der Waals surface area contributed by atoms with Gasteiger partial charge in [-0.3, -0.25) is 0 Å². The Balaban J connectivity index is 3.16. The number of hydrogen-bond donors (Lipinski definition) is 1. The normalized spacial score (nSPS) is 9.40. The minimum Gasteiger partial charge on any atom is -0.207 e. The van der Waals surface area contributed by atoms with E-state index in [0.717, 1.165) is 0 Å². The van der Waals surface area contributed by atoms with E-state index in [1.807, 2.05) is 0 Å². The van der Waals surface area contributed by atoms with Gasteiger partial charge in [-0.1, -0.05) is 0 Å². The first-order valence-corrected chi connectivity index (χ1v) is 2.88. The largest absolute Gasteiger partial charge is 0.253 e. The molecular formula is C7H7FNO+. The number of nitroso groups, excluding NO2 is 1. The second-order valence-electron chi connectivity index (χ2n) is 2.07. The average molecular weight is 140 g/mol. The van der Waals surface area contributed by atoms with E-state index in [2.05, 4.69) is 0 Å². The van der Waals surface area contributed by atoms with Crippen LogP contribution in [0.15, 0.2) is 18.2 Å². The molecule has 0 aromatic heterocycles. The highest BCUT2D eigenvalue weighted by molar-refractivity contribution is 5.33. The third-order valence-corrected chi connectivity index (χ3v) is 1.28. The maximum Gasteiger partial charge on any atom is 0.253 e. The van der Waals surface area contributed by atoms with Gasteiger partial charge in [0.25, 0.3) is 5.69 Å². The summed E-state index contributed by atoms with van der Waals surface area (Å²) in [6.07, 6.45) is 0. The van der Waals surface area contributed by atoms with Crippen LogP contribution in [0.3, 0.4) is 0 Å². The van der Waals surface area contributed by atoms with E-state index in [9.17, 15) is 9.30 Å². The predicted octanol–water partition coefficient (Wildman–Crippen LogP) is 0.613. The Hall–Kier alpha value is -1.25. The van der Waals surface area contributed by atoms with Gasteiger partial charge >= 0.3 is 0 Å². The zero-order chi connectivity index (χ0) is 7.56. The second-order valence-corrected chi connectivity index (χ2v) is 2.07. The fourth-order valence-electron chi connectivity index (χ4n) is 0.708. The van der Waals surface area contributed by atoms with Gasteiger partial charge in [-0.25, -0.2) is 4.39 Å². The molecule has 0 radical (unpaired) electrons. The Kier molecular flexibility index (Phi) is 1.76. The number of halogens is 1. The topological polar surface area (TPSA) is 31.0 Å². The van der Waals surface area contributed by atoms with Crippen LogP contribution in [0.4, 0.5) is 10.1 Å². The number of benzene rings is 1. The SMILES string of the molecule is Cc1cc([NH+]=O)ccc1F. The number of hydrogen-bond acceptors (Lipinski definition) is 1. The van der Waals surface area contributed by atoms with Crippen LogP contribution < -0.4 is 5.18 Å². The van der Waals surface area contributed by atoms with E-state index in [1.54, 1.807) is 12.1 Å². The van der Waals surface area contributed by atoms with Gasteiger partial charge in [0.2, 0.25) is 0 Å². The first-order valence-electron chi connectivity index (χ1n) is 2.88. The van der Waals surface area contributed by atoms with Gasteiger partial charge in [-0.2, -0.15) is 0 Å². The molecule has 0 heterocycles. The quantitative estimate of drug-likeness (QED) is 0.608. The van der Waals surface area contributed by atoms with Gasteiger partial charge in [0.1, 0.15) is 5.82 Å². The lowest BCUT2D eigenvalue weighted by atomic mass is 10.2. The summed E-state index contributed by atoms with van der Waals surface area (Å²) in [7, 11) is 0. The summed E-state index contributed by atoms with van der Waals surface area (Å²) in [6, 6.07) is 4.12. The van der Waals surface area contributed by atoms with Crippen molar-refractivity contribution in [1.82, 2.24) is 0 Å². The minimum absolute atomic E-state index is 0.293. The van der Waals surface area contributed by atoms with Crippen molar-refractivity contribution >= 4 is 5.69 Å². The molecular weight excluding hydrogens is 133 g/mol. The summed E-state index contributed by atoms with van der Waals surface area (Å²) in [5.74, 6) is -0.293. The Morgan fingerprint density at radius 2 is 2.20 bits per heavy atom. The molecule has 52 valence electrons. The molecule has 0 aliphatic heterocycles. The van der Waals surface area contributed by atoms with Gasteiger partial charge in [-0.15, -0.1) is 0 Å². The lowest BCUT2D eigenvalue weighted by Crippen LogP contribution is -2.55. The van der Waals surface area contributed by atoms with Crippen molar-refractivity contribution in [2.45, 2.75) is 6.92 Å². The van der Waals surface area contributed by atoms with Crippen molar-refractivity contribution in [3.05, 3.63) is 34.5 Å². The third kappa shape index (κ3) is 1.18. The molecule has 0 aliphatic carbocycles. The van der Waals surface area contributed by atoms with Crippen molar-refractivity contribution in [2.75, 3.05) is 0 Å². The molecule has 1 aromatic rings. The van der Waals surface area contributed by atoms with Crippen molar-refractivity contribution < 1.29 is 9.57 Å². The van der Waals surface area contributed by atoms with Crippen LogP contribution in [-0.2, 0) is 0 Å². The number of aryl methyl sites for hydroxylation is 1. The second kappa shape index (κ2) is 2.56. The van der Waals surface area contributed by atoms with Crippen LogP contribution in [0.1, 0.15) is 5.56 Å². The summed E-state index contributed by atoms with van der Waals surface area (Å²) in [5, 5.41) is 1.68. The number of nitrogens with one attached hydrogen (secondary N) is 1. The molecule has 10 heavy (non-hydrogen) atoms. The molecule has 0 saturated heterocycles. The van der Waals surface area contributed by atoms with Crippen LogP contribution in [0.25, 0.3) is 0 Å². The van der Waals surface area contributed by atoms with E-state index in [-0.39, 0.29) is 5.82 Å². The lowest BCUT2D eigenvalue weighted by Gasteiger charge is -1.90. The van der Waals surface area contributed by atoms with E-state index in [0.29, 0.717) is 11.3 Å². The molecule has 0 bridgehead atoms. The summed E-state index contributed by atoms with van der Waals surface area (Å²) in [6.45, 7) is 1.61. The van der Waals surface area contributed by atoms with Gasteiger partial charge < -0.3 is 0 Å².